The molecule has 1 aromatic heterocycles. The van der Waals surface area contributed by atoms with E-state index in [1.807, 2.05) is 0 Å². The van der Waals surface area contributed by atoms with Gasteiger partial charge in [0, 0.05) is 12.7 Å². The van der Waals surface area contributed by atoms with Gasteiger partial charge < -0.3 is 5.32 Å². The maximum absolute atomic E-state index is 6.04. The Morgan fingerprint density at radius 1 is 1.18 bits per heavy atom. The molecule has 2 aromatic rings. The molecule has 1 N–H and O–H groups in total. The van der Waals surface area contributed by atoms with E-state index in [1.54, 1.807) is 18.5 Å². The summed E-state index contributed by atoms with van der Waals surface area (Å²) in [4.78, 5) is 4.04. The molecule has 0 unspecified atom stereocenters. The number of halogens is 1. The largest absolute Gasteiger partial charge is 0.379 e. The molecule has 0 atom stereocenters. The van der Waals surface area contributed by atoms with Crippen LogP contribution in [0.3, 0.4) is 0 Å². The highest BCUT2D eigenvalue weighted by atomic mass is 35.5. The molecule has 88 valence electrons. The van der Waals surface area contributed by atoms with Crippen molar-refractivity contribution in [3.05, 3.63) is 58.4 Å². The van der Waals surface area contributed by atoms with Gasteiger partial charge in [-0.05, 0) is 36.6 Å². The van der Waals surface area contributed by atoms with Gasteiger partial charge in [0.1, 0.15) is 0 Å². The Morgan fingerprint density at radius 2 is 2.00 bits per heavy atom. The van der Waals surface area contributed by atoms with Crippen molar-refractivity contribution >= 4 is 17.3 Å². The number of pyridine rings is 1. The maximum atomic E-state index is 6.04. The third kappa shape index (κ3) is 2.98. The molecular formula is C14H15ClN2. The molecule has 0 spiro atoms. The fourth-order valence-corrected chi connectivity index (χ4v) is 1.79. The summed E-state index contributed by atoms with van der Waals surface area (Å²) in [5.41, 5.74) is 4.73. The van der Waals surface area contributed by atoms with Gasteiger partial charge in [-0.3, -0.25) is 4.98 Å². The molecule has 2 rings (SSSR count). The summed E-state index contributed by atoms with van der Waals surface area (Å²) in [5, 5.41) is 3.98. The van der Waals surface area contributed by atoms with Crippen LogP contribution in [0.1, 0.15) is 16.7 Å². The normalized spacial score (nSPS) is 10.3. The molecule has 0 aliphatic heterocycles. The van der Waals surface area contributed by atoms with Crippen LogP contribution in [0.25, 0.3) is 0 Å². The van der Waals surface area contributed by atoms with Crippen molar-refractivity contribution in [1.29, 1.82) is 0 Å². The Labute approximate surface area is 107 Å². The number of anilines is 1. The lowest BCUT2D eigenvalue weighted by Crippen LogP contribution is -2.00. The van der Waals surface area contributed by atoms with Crippen molar-refractivity contribution in [2.24, 2.45) is 0 Å². The van der Waals surface area contributed by atoms with Gasteiger partial charge >= 0.3 is 0 Å². The van der Waals surface area contributed by atoms with Crippen LogP contribution in [0.5, 0.6) is 0 Å². The number of aryl methyl sites for hydroxylation is 2. The van der Waals surface area contributed by atoms with Crippen molar-refractivity contribution in [1.82, 2.24) is 4.98 Å². The van der Waals surface area contributed by atoms with Crippen LogP contribution in [-0.4, -0.2) is 4.98 Å². The third-order valence-electron chi connectivity index (χ3n) is 2.82. The number of nitrogens with one attached hydrogen (secondary N) is 1. The summed E-state index contributed by atoms with van der Waals surface area (Å²) in [7, 11) is 0. The molecule has 17 heavy (non-hydrogen) atoms. The van der Waals surface area contributed by atoms with Crippen LogP contribution >= 0.6 is 11.6 Å². The summed E-state index contributed by atoms with van der Waals surface area (Å²) in [6.07, 6.45) is 3.42. The Bertz CT molecular complexity index is 523. The lowest BCUT2D eigenvalue weighted by atomic mass is 10.1. The van der Waals surface area contributed by atoms with Crippen LogP contribution in [-0.2, 0) is 6.54 Å². The highest BCUT2D eigenvalue weighted by Gasteiger charge is 2.00. The van der Waals surface area contributed by atoms with Crippen molar-refractivity contribution in [3.8, 4) is 0 Å². The summed E-state index contributed by atoms with van der Waals surface area (Å²) in [6.45, 7) is 4.99. The number of nitrogens with zero attached hydrogens (tertiary/aromatic N) is 1. The zero-order chi connectivity index (χ0) is 12.3. The summed E-state index contributed by atoms with van der Waals surface area (Å²) < 4.78 is 0. The van der Waals surface area contributed by atoms with E-state index in [0.717, 1.165) is 12.2 Å². The quantitative estimate of drug-likeness (QED) is 0.887. The van der Waals surface area contributed by atoms with Crippen LogP contribution in [0.4, 0.5) is 5.69 Å². The van der Waals surface area contributed by atoms with Crippen molar-refractivity contribution in [2.75, 3.05) is 5.32 Å². The Morgan fingerprint density at radius 3 is 2.71 bits per heavy atom. The van der Waals surface area contributed by atoms with Crippen molar-refractivity contribution < 1.29 is 0 Å². The molecule has 0 radical (unpaired) electrons. The van der Waals surface area contributed by atoms with Gasteiger partial charge in [-0.25, -0.2) is 0 Å². The average Bonchev–Trinajstić information content (AvgIpc) is 2.32. The Hall–Kier alpha value is -1.54. The van der Waals surface area contributed by atoms with E-state index >= 15 is 0 Å². The standard InChI is InChI=1S/C14H15ClN2/c1-10-3-4-12(7-11(10)2)8-17-14-9-16-6-5-13(14)15/h3-7,9,17H,8H2,1-2H3. The van der Waals surface area contributed by atoms with E-state index in [0.29, 0.717) is 5.02 Å². The summed E-state index contributed by atoms with van der Waals surface area (Å²) >= 11 is 6.04. The SMILES string of the molecule is Cc1ccc(CNc2cnccc2Cl)cc1C. The molecule has 0 aliphatic rings. The van der Waals surface area contributed by atoms with Crippen LogP contribution in [0.2, 0.25) is 5.02 Å². The van der Waals surface area contributed by atoms with Crippen LogP contribution < -0.4 is 5.32 Å². The van der Waals surface area contributed by atoms with Crippen molar-refractivity contribution in [3.63, 3.8) is 0 Å². The van der Waals surface area contributed by atoms with E-state index in [-0.39, 0.29) is 0 Å². The number of aromatic nitrogens is 1. The molecule has 0 fully saturated rings. The van der Waals surface area contributed by atoms with Gasteiger partial charge in [0.25, 0.3) is 0 Å². The van der Waals surface area contributed by atoms with Crippen LogP contribution in [0.15, 0.2) is 36.7 Å². The second-order valence-electron chi connectivity index (χ2n) is 4.13. The molecule has 2 nitrogen and oxygen atoms in total. The Balaban J connectivity index is 2.08. The molecule has 0 bridgehead atoms. The molecule has 1 heterocycles. The lowest BCUT2D eigenvalue weighted by molar-refractivity contribution is 1.12. The van der Waals surface area contributed by atoms with Crippen LogP contribution in [0, 0.1) is 13.8 Å². The number of benzene rings is 1. The molecule has 0 aliphatic carbocycles. The lowest BCUT2D eigenvalue weighted by Gasteiger charge is -2.09. The maximum Gasteiger partial charge on any atom is 0.0718 e. The highest BCUT2D eigenvalue weighted by molar-refractivity contribution is 6.33. The summed E-state index contributed by atoms with van der Waals surface area (Å²) in [5.74, 6) is 0. The Kier molecular flexibility index (Phi) is 3.64. The zero-order valence-corrected chi connectivity index (χ0v) is 10.8. The van der Waals surface area contributed by atoms with Gasteiger partial charge in [-0.2, -0.15) is 0 Å². The first kappa shape index (κ1) is 11.9. The van der Waals surface area contributed by atoms with E-state index in [4.69, 9.17) is 11.6 Å². The van der Waals surface area contributed by atoms with Gasteiger partial charge in [0.2, 0.25) is 0 Å². The molecular weight excluding hydrogens is 232 g/mol. The summed E-state index contributed by atoms with van der Waals surface area (Å²) in [6, 6.07) is 8.23. The monoisotopic (exact) mass is 246 g/mol. The zero-order valence-electron chi connectivity index (χ0n) is 10.00. The second-order valence-corrected chi connectivity index (χ2v) is 4.53. The van der Waals surface area contributed by atoms with Gasteiger partial charge in [-0.15, -0.1) is 0 Å². The molecule has 3 heteroatoms. The minimum absolute atomic E-state index is 0.698. The topological polar surface area (TPSA) is 24.9 Å². The number of hydrogen-bond donors (Lipinski definition) is 1. The average molecular weight is 247 g/mol. The molecule has 0 saturated carbocycles. The van der Waals surface area contributed by atoms with Gasteiger partial charge in [0.05, 0.1) is 16.9 Å². The minimum atomic E-state index is 0.698. The fourth-order valence-electron chi connectivity index (χ4n) is 1.62. The molecule has 0 saturated heterocycles. The first-order valence-electron chi connectivity index (χ1n) is 5.56. The first-order chi connectivity index (χ1) is 8.16. The smallest absolute Gasteiger partial charge is 0.0718 e. The molecule has 0 amide bonds. The third-order valence-corrected chi connectivity index (χ3v) is 3.15. The number of hydrogen-bond acceptors (Lipinski definition) is 2. The van der Waals surface area contributed by atoms with E-state index in [2.05, 4.69) is 42.3 Å². The molecule has 1 aromatic carbocycles. The van der Waals surface area contributed by atoms with E-state index in [9.17, 15) is 0 Å². The first-order valence-corrected chi connectivity index (χ1v) is 5.94. The number of rotatable bonds is 3. The minimum Gasteiger partial charge on any atom is -0.379 e. The predicted molar refractivity (Wildman–Crippen MR) is 72.5 cm³/mol. The van der Waals surface area contributed by atoms with Gasteiger partial charge in [-0.1, -0.05) is 29.8 Å². The van der Waals surface area contributed by atoms with E-state index in [1.165, 1.54) is 16.7 Å². The van der Waals surface area contributed by atoms with Gasteiger partial charge in [0.15, 0.2) is 0 Å². The van der Waals surface area contributed by atoms with Crippen molar-refractivity contribution in [2.45, 2.75) is 20.4 Å². The highest BCUT2D eigenvalue weighted by Crippen LogP contribution is 2.20. The predicted octanol–water partition coefficient (Wildman–Crippen LogP) is 3.96. The van der Waals surface area contributed by atoms with E-state index < -0.39 is 0 Å². The second kappa shape index (κ2) is 5.19. The fraction of sp³-hybridized carbons (Fsp3) is 0.214.